The van der Waals surface area contributed by atoms with Gasteiger partial charge in [0.2, 0.25) is 0 Å². The zero-order chi connectivity index (χ0) is 27.2. The number of nitriles is 1. The summed E-state index contributed by atoms with van der Waals surface area (Å²) in [4.78, 5) is 22.0. The number of aliphatic hydroxyl groups is 1. The highest BCUT2D eigenvalue weighted by Crippen LogP contribution is 2.47. The molecule has 0 amide bonds. The van der Waals surface area contributed by atoms with Crippen molar-refractivity contribution in [1.82, 2.24) is 19.6 Å². The predicted molar refractivity (Wildman–Crippen MR) is 140 cm³/mol. The van der Waals surface area contributed by atoms with E-state index in [-0.39, 0.29) is 35.9 Å². The number of aliphatic hydroxyl groups excluding tert-OH is 1. The van der Waals surface area contributed by atoms with Crippen molar-refractivity contribution >= 4 is 11.7 Å². The van der Waals surface area contributed by atoms with Crippen LogP contribution in [0.5, 0.6) is 0 Å². The van der Waals surface area contributed by atoms with Gasteiger partial charge in [-0.3, -0.25) is 0 Å². The van der Waals surface area contributed by atoms with E-state index in [9.17, 15) is 15.2 Å². The Kier molecular flexibility index (Phi) is 6.37. The van der Waals surface area contributed by atoms with Gasteiger partial charge in [-0.05, 0) is 75.0 Å². The molecule has 3 heterocycles. The topological polar surface area (TPSA) is 113 Å². The van der Waals surface area contributed by atoms with Crippen LogP contribution in [0.25, 0.3) is 5.78 Å². The number of hydrogen-bond acceptors (Lipinski definition) is 7. The van der Waals surface area contributed by atoms with E-state index < -0.39 is 17.0 Å². The molecule has 1 N–H and O–H groups in total. The van der Waals surface area contributed by atoms with Crippen LogP contribution in [0.1, 0.15) is 80.3 Å². The first kappa shape index (κ1) is 25.5. The van der Waals surface area contributed by atoms with Gasteiger partial charge in [0, 0.05) is 30.8 Å². The molecular formula is C30H32FN5O3. The summed E-state index contributed by atoms with van der Waals surface area (Å²) in [7, 11) is 0. The van der Waals surface area contributed by atoms with Crippen LogP contribution in [-0.2, 0) is 27.8 Å². The zero-order valence-corrected chi connectivity index (χ0v) is 22.1. The molecule has 8 nitrogen and oxygen atoms in total. The number of ether oxygens (including phenoxy) is 1. The maximum absolute atomic E-state index is 15.1. The number of cyclic esters (lactones) is 1. The molecule has 1 aromatic carbocycles. The number of carbonyl (C=O) groups is 1. The Morgan fingerprint density at radius 2 is 2.05 bits per heavy atom. The third-order valence-corrected chi connectivity index (χ3v) is 8.97. The number of carbonyl (C=O) groups excluding carboxylic acids is 1. The number of rotatable bonds is 7. The first-order valence-corrected chi connectivity index (χ1v) is 13.8. The van der Waals surface area contributed by atoms with Crippen molar-refractivity contribution in [2.24, 2.45) is 5.92 Å². The highest BCUT2D eigenvalue weighted by molar-refractivity contribution is 5.90. The van der Waals surface area contributed by atoms with Gasteiger partial charge in [-0.1, -0.05) is 25.0 Å². The molecular weight excluding hydrogens is 497 g/mol. The lowest BCUT2D eigenvalue weighted by molar-refractivity contribution is -0.167. The maximum Gasteiger partial charge on any atom is 0.338 e. The number of hydrogen-bond donors (Lipinski definition) is 1. The number of fused-ring (bicyclic) bond motifs is 1. The Morgan fingerprint density at radius 1 is 1.26 bits per heavy atom. The van der Waals surface area contributed by atoms with Gasteiger partial charge in [-0.25, -0.2) is 18.7 Å². The smallest absolute Gasteiger partial charge is 0.338 e. The molecule has 1 unspecified atom stereocenters. The molecule has 6 rings (SSSR count). The standard InChI is InChI=1S/C30H32FN5O3/c1-19-16-33-28-34-26(35-36(28)17-19)14-22-25(37)15-30(39-27(22)38,21-5-2-3-6-21)12-9-20-7-8-23(24(31)13-20)29(18-32)10-4-11-29/h7-8,13,16-17,21,37H,2-6,9-12,14-15H2,1H3. The van der Waals surface area contributed by atoms with Gasteiger partial charge in [-0.15, -0.1) is 5.10 Å². The molecule has 1 aliphatic heterocycles. The summed E-state index contributed by atoms with van der Waals surface area (Å²) in [5, 5.41) is 25.2. The number of esters is 1. The predicted octanol–water partition coefficient (Wildman–Crippen LogP) is 5.38. The second-order valence-electron chi connectivity index (χ2n) is 11.5. The molecule has 2 aromatic heterocycles. The highest BCUT2D eigenvalue weighted by atomic mass is 19.1. The molecule has 3 aromatic rings. The van der Waals surface area contributed by atoms with Gasteiger partial charge in [0.15, 0.2) is 5.82 Å². The lowest BCUT2D eigenvalue weighted by atomic mass is 9.65. The third kappa shape index (κ3) is 4.56. The molecule has 0 saturated heterocycles. The Labute approximate surface area is 226 Å². The van der Waals surface area contributed by atoms with Crippen molar-refractivity contribution in [2.75, 3.05) is 0 Å². The van der Waals surface area contributed by atoms with Crippen LogP contribution in [0.15, 0.2) is 41.9 Å². The summed E-state index contributed by atoms with van der Waals surface area (Å²) in [5.41, 5.74) is 0.831. The number of aryl methyl sites for hydroxylation is 2. The number of halogens is 1. The van der Waals surface area contributed by atoms with Crippen molar-refractivity contribution in [3.05, 3.63) is 70.3 Å². The molecule has 0 spiro atoms. The summed E-state index contributed by atoms with van der Waals surface area (Å²) >= 11 is 0. The molecule has 2 aliphatic carbocycles. The highest BCUT2D eigenvalue weighted by Gasteiger charge is 2.48. The Bertz CT molecular complexity index is 1510. The van der Waals surface area contributed by atoms with Crippen LogP contribution < -0.4 is 0 Å². The van der Waals surface area contributed by atoms with Crippen LogP contribution in [0, 0.1) is 30.0 Å². The second kappa shape index (κ2) is 9.74. The summed E-state index contributed by atoms with van der Waals surface area (Å²) < 4.78 is 22.9. The fourth-order valence-corrected chi connectivity index (χ4v) is 6.57. The minimum absolute atomic E-state index is 0.0172. The van der Waals surface area contributed by atoms with Crippen LogP contribution in [0.4, 0.5) is 4.39 Å². The molecule has 39 heavy (non-hydrogen) atoms. The lowest BCUT2D eigenvalue weighted by Gasteiger charge is -2.42. The summed E-state index contributed by atoms with van der Waals surface area (Å²) in [6, 6.07) is 7.46. The molecule has 3 aliphatic rings. The van der Waals surface area contributed by atoms with E-state index in [4.69, 9.17) is 4.74 Å². The minimum Gasteiger partial charge on any atom is -0.512 e. The molecule has 2 saturated carbocycles. The van der Waals surface area contributed by atoms with Crippen molar-refractivity contribution in [3.63, 3.8) is 0 Å². The van der Waals surface area contributed by atoms with E-state index in [1.54, 1.807) is 23.0 Å². The molecule has 1 atom stereocenters. The summed E-state index contributed by atoms with van der Waals surface area (Å²) in [6.07, 6.45) is 11.0. The van der Waals surface area contributed by atoms with Crippen LogP contribution in [0.2, 0.25) is 0 Å². The minimum atomic E-state index is -0.844. The number of aromatic nitrogens is 4. The fraction of sp³-hybridized carbons (Fsp3) is 0.500. The van der Waals surface area contributed by atoms with Crippen molar-refractivity contribution in [2.45, 2.75) is 88.6 Å². The quantitative estimate of drug-likeness (QED) is 0.409. The first-order chi connectivity index (χ1) is 18.8. The molecule has 202 valence electrons. The first-order valence-electron chi connectivity index (χ1n) is 13.8. The van der Waals surface area contributed by atoms with Crippen LogP contribution >= 0.6 is 0 Å². The van der Waals surface area contributed by atoms with Gasteiger partial charge < -0.3 is 9.84 Å². The largest absolute Gasteiger partial charge is 0.512 e. The van der Waals surface area contributed by atoms with Gasteiger partial charge in [-0.2, -0.15) is 10.2 Å². The van der Waals surface area contributed by atoms with Crippen molar-refractivity contribution < 1.29 is 19.0 Å². The number of benzene rings is 1. The third-order valence-electron chi connectivity index (χ3n) is 8.97. The monoisotopic (exact) mass is 529 g/mol. The lowest BCUT2D eigenvalue weighted by Crippen LogP contribution is -2.46. The Morgan fingerprint density at radius 3 is 2.72 bits per heavy atom. The van der Waals surface area contributed by atoms with Crippen LogP contribution in [-0.4, -0.2) is 36.3 Å². The maximum atomic E-state index is 15.1. The number of nitrogens with zero attached hydrogens (tertiary/aromatic N) is 5. The van der Waals surface area contributed by atoms with E-state index in [0.717, 1.165) is 43.2 Å². The average Bonchev–Trinajstić information content (AvgIpc) is 3.56. The van der Waals surface area contributed by atoms with E-state index in [1.807, 2.05) is 13.0 Å². The second-order valence-corrected chi connectivity index (χ2v) is 11.5. The van der Waals surface area contributed by atoms with Crippen molar-refractivity contribution in [1.29, 1.82) is 5.26 Å². The van der Waals surface area contributed by atoms with E-state index in [1.165, 1.54) is 6.07 Å². The van der Waals surface area contributed by atoms with E-state index in [0.29, 0.717) is 42.8 Å². The van der Waals surface area contributed by atoms with Gasteiger partial charge in [0.1, 0.15) is 17.2 Å². The average molecular weight is 530 g/mol. The van der Waals surface area contributed by atoms with E-state index >= 15 is 4.39 Å². The molecule has 9 heteroatoms. The SMILES string of the molecule is Cc1cnc2nc(CC3=C(O)CC(CCc4ccc(C5(C#N)CCC5)c(F)c4)(C4CCCC4)OC3=O)nn2c1. The molecule has 0 radical (unpaired) electrons. The molecule has 0 bridgehead atoms. The van der Waals surface area contributed by atoms with Crippen molar-refractivity contribution in [3.8, 4) is 6.07 Å². The Hall–Kier alpha value is -3.80. The van der Waals surface area contributed by atoms with Gasteiger partial charge in [0.25, 0.3) is 5.78 Å². The summed E-state index contributed by atoms with van der Waals surface area (Å²) in [6.45, 7) is 1.91. The zero-order valence-electron chi connectivity index (χ0n) is 22.1. The Balaban J connectivity index is 1.23. The fourth-order valence-electron chi connectivity index (χ4n) is 6.57. The summed E-state index contributed by atoms with van der Waals surface area (Å²) in [5.74, 6) is 0.0684. The van der Waals surface area contributed by atoms with Gasteiger partial charge >= 0.3 is 5.97 Å². The van der Waals surface area contributed by atoms with E-state index in [2.05, 4.69) is 21.1 Å². The van der Waals surface area contributed by atoms with Gasteiger partial charge in [0.05, 0.1) is 17.1 Å². The normalized spacial score (nSPS) is 23.1. The van der Waals surface area contributed by atoms with Crippen LogP contribution in [0.3, 0.4) is 0 Å². The molecule has 2 fully saturated rings.